The topological polar surface area (TPSA) is 54.6 Å². The van der Waals surface area contributed by atoms with E-state index in [0.717, 1.165) is 30.3 Å². The fourth-order valence-electron chi connectivity index (χ4n) is 2.60. The summed E-state index contributed by atoms with van der Waals surface area (Å²) in [5.74, 6) is 0.505. The van der Waals surface area contributed by atoms with Crippen LogP contribution in [-0.4, -0.2) is 42.3 Å². The Morgan fingerprint density at radius 2 is 2.30 bits per heavy atom. The van der Waals surface area contributed by atoms with E-state index < -0.39 is 6.16 Å². The Labute approximate surface area is 117 Å². The van der Waals surface area contributed by atoms with Crippen molar-refractivity contribution in [2.24, 2.45) is 0 Å². The van der Waals surface area contributed by atoms with Gasteiger partial charge in [0, 0.05) is 23.1 Å². The Hall–Kier alpha value is -2.01. The standard InChI is InChI=1S/C15H18N2O3/c1-17-8-4-5-11(17)10-19-15(18)20-14-9-16-13-7-3-2-6-12(13)14/h2-3,6-7,9,11,16H,4-5,8,10H2,1H3/t11-/m0/s1. The van der Waals surface area contributed by atoms with Crippen LogP contribution in [-0.2, 0) is 4.74 Å². The number of ether oxygens (including phenoxy) is 2. The van der Waals surface area contributed by atoms with Crippen molar-refractivity contribution in [1.82, 2.24) is 9.88 Å². The third kappa shape index (κ3) is 2.63. The molecule has 1 atom stereocenters. The number of nitrogens with one attached hydrogen (secondary N) is 1. The molecule has 0 amide bonds. The van der Waals surface area contributed by atoms with Crippen molar-refractivity contribution >= 4 is 17.1 Å². The quantitative estimate of drug-likeness (QED) is 0.874. The summed E-state index contributed by atoms with van der Waals surface area (Å²) < 4.78 is 10.5. The highest BCUT2D eigenvalue weighted by Gasteiger charge is 2.22. The smallest absolute Gasteiger partial charge is 0.432 e. The summed E-state index contributed by atoms with van der Waals surface area (Å²) in [5, 5.41) is 0.877. The number of H-pyrrole nitrogens is 1. The van der Waals surface area contributed by atoms with Gasteiger partial charge in [0.2, 0.25) is 0 Å². The molecule has 0 aliphatic carbocycles. The average molecular weight is 274 g/mol. The van der Waals surface area contributed by atoms with Gasteiger partial charge in [-0.1, -0.05) is 12.1 Å². The molecule has 0 radical (unpaired) electrons. The predicted molar refractivity (Wildman–Crippen MR) is 75.9 cm³/mol. The zero-order valence-electron chi connectivity index (χ0n) is 11.5. The summed E-state index contributed by atoms with van der Waals surface area (Å²) in [6.45, 7) is 1.45. The summed E-state index contributed by atoms with van der Waals surface area (Å²) in [7, 11) is 2.05. The number of nitrogens with zero attached hydrogens (tertiary/aromatic N) is 1. The lowest BCUT2D eigenvalue weighted by Gasteiger charge is -2.18. The largest absolute Gasteiger partial charge is 0.513 e. The first-order valence-electron chi connectivity index (χ1n) is 6.85. The van der Waals surface area contributed by atoms with Gasteiger partial charge in [-0.15, -0.1) is 0 Å². The summed E-state index contributed by atoms with van der Waals surface area (Å²) in [5.41, 5.74) is 0.936. The van der Waals surface area contributed by atoms with Crippen molar-refractivity contribution in [3.63, 3.8) is 0 Å². The SMILES string of the molecule is CN1CCC[C@H]1COC(=O)Oc1c[nH]c2ccccc12. The van der Waals surface area contributed by atoms with Crippen LogP contribution in [0.4, 0.5) is 4.79 Å². The number of aromatic amines is 1. The molecule has 2 heterocycles. The van der Waals surface area contributed by atoms with Crippen LogP contribution in [0.1, 0.15) is 12.8 Å². The number of hydrogen-bond acceptors (Lipinski definition) is 4. The van der Waals surface area contributed by atoms with Crippen LogP contribution in [0.2, 0.25) is 0 Å². The van der Waals surface area contributed by atoms with Gasteiger partial charge in [0.05, 0.1) is 0 Å². The summed E-state index contributed by atoms with van der Waals surface area (Å²) in [4.78, 5) is 17.0. The second-order valence-corrected chi connectivity index (χ2v) is 5.14. The van der Waals surface area contributed by atoms with Gasteiger partial charge in [-0.3, -0.25) is 0 Å². The number of fused-ring (bicyclic) bond motifs is 1. The molecule has 0 saturated carbocycles. The molecule has 0 bridgehead atoms. The second kappa shape index (κ2) is 5.54. The maximum absolute atomic E-state index is 11.7. The molecule has 1 aromatic carbocycles. The highest BCUT2D eigenvalue weighted by atomic mass is 16.7. The maximum atomic E-state index is 11.7. The summed E-state index contributed by atoms with van der Waals surface area (Å²) >= 11 is 0. The molecule has 1 aromatic heterocycles. The molecule has 1 aliphatic heterocycles. The molecular formula is C15H18N2O3. The average Bonchev–Trinajstić information content (AvgIpc) is 3.04. The normalized spacial score (nSPS) is 19.4. The number of benzene rings is 1. The zero-order valence-corrected chi connectivity index (χ0v) is 11.5. The number of carbonyl (C=O) groups excluding carboxylic acids is 1. The van der Waals surface area contributed by atoms with Crippen LogP contribution >= 0.6 is 0 Å². The molecule has 1 saturated heterocycles. The Morgan fingerprint density at radius 3 is 3.10 bits per heavy atom. The van der Waals surface area contributed by atoms with E-state index in [1.165, 1.54) is 0 Å². The van der Waals surface area contributed by atoms with Crippen LogP contribution in [0.25, 0.3) is 10.9 Å². The molecule has 2 aromatic rings. The van der Waals surface area contributed by atoms with Gasteiger partial charge < -0.3 is 19.4 Å². The van der Waals surface area contributed by atoms with Gasteiger partial charge in [0.1, 0.15) is 6.61 Å². The molecular weight excluding hydrogens is 256 g/mol. The lowest BCUT2D eigenvalue weighted by molar-refractivity contribution is 0.0777. The molecule has 3 rings (SSSR count). The lowest BCUT2D eigenvalue weighted by atomic mass is 10.2. The van der Waals surface area contributed by atoms with Crippen molar-refractivity contribution < 1.29 is 14.3 Å². The van der Waals surface area contributed by atoms with Crippen LogP contribution in [0.15, 0.2) is 30.5 Å². The highest BCUT2D eigenvalue weighted by molar-refractivity contribution is 5.87. The Bertz CT molecular complexity index is 608. The number of aromatic nitrogens is 1. The fraction of sp³-hybridized carbons (Fsp3) is 0.400. The van der Waals surface area contributed by atoms with E-state index in [0.29, 0.717) is 18.4 Å². The molecule has 1 fully saturated rings. The first kappa shape index (κ1) is 13.0. The first-order chi connectivity index (χ1) is 9.74. The van der Waals surface area contributed by atoms with E-state index >= 15 is 0 Å². The number of hydrogen-bond donors (Lipinski definition) is 1. The molecule has 0 unspecified atom stereocenters. The molecule has 0 spiro atoms. The van der Waals surface area contributed by atoms with E-state index in [4.69, 9.17) is 9.47 Å². The fourth-order valence-corrected chi connectivity index (χ4v) is 2.60. The number of rotatable bonds is 3. The molecule has 1 aliphatic rings. The maximum Gasteiger partial charge on any atom is 0.513 e. The molecule has 1 N–H and O–H groups in total. The van der Waals surface area contributed by atoms with Crippen LogP contribution in [0.5, 0.6) is 5.75 Å². The number of para-hydroxylation sites is 1. The van der Waals surface area contributed by atoms with E-state index in [9.17, 15) is 4.79 Å². The van der Waals surface area contributed by atoms with Crippen molar-refractivity contribution in [1.29, 1.82) is 0 Å². The van der Waals surface area contributed by atoms with Crippen LogP contribution in [0.3, 0.4) is 0 Å². The van der Waals surface area contributed by atoms with Gasteiger partial charge >= 0.3 is 6.16 Å². The Morgan fingerprint density at radius 1 is 1.45 bits per heavy atom. The molecule has 20 heavy (non-hydrogen) atoms. The summed E-state index contributed by atoms with van der Waals surface area (Å²) in [6.07, 6.45) is 3.25. The Balaban J connectivity index is 1.58. The van der Waals surface area contributed by atoms with E-state index in [1.54, 1.807) is 6.20 Å². The van der Waals surface area contributed by atoms with Gasteiger partial charge in [-0.2, -0.15) is 0 Å². The van der Waals surface area contributed by atoms with Crippen molar-refractivity contribution in [2.75, 3.05) is 20.2 Å². The van der Waals surface area contributed by atoms with Crippen molar-refractivity contribution in [2.45, 2.75) is 18.9 Å². The predicted octanol–water partition coefficient (Wildman–Crippen LogP) is 2.78. The van der Waals surface area contributed by atoms with Crippen molar-refractivity contribution in [3.8, 4) is 5.75 Å². The van der Waals surface area contributed by atoms with Crippen LogP contribution < -0.4 is 4.74 Å². The third-order valence-electron chi connectivity index (χ3n) is 3.81. The van der Waals surface area contributed by atoms with E-state index in [1.807, 2.05) is 31.3 Å². The van der Waals surface area contributed by atoms with Crippen molar-refractivity contribution in [3.05, 3.63) is 30.5 Å². The Kier molecular flexibility index (Phi) is 3.60. The summed E-state index contributed by atoms with van der Waals surface area (Å²) in [6, 6.07) is 7.98. The molecule has 106 valence electrons. The van der Waals surface area contributed by atoms with Gasteiger partial charge in [0.15, 0.2) is 5.75 Å². The molecule has 5 nitrogen and oxygen atoms in total. The lowest BCUT2D eigenvalue weighted by Crippen LogP contribution is -2.31. The first-order valence-corrected chi connectivity index (χ1v) is 6.85. The zero-order chi connectivity index (χ0) is 13.9. The molecule has 5 heteroatoms. The number of likely N-dealkylation sites (tertiary alicyclic amines) is 1. The van der Waals surface area contributed by atoms with E-state index in [-0.39, 0.29) is 0 Å². The minimum atomic E-state index is -0.643. The monoisotopic (exact) mass is 274 g/mol. The highest BCUT2D eigenvalue weighted by Crippen LogP contribution is 2.25. The van der Waals surface area contributed by atoms with Gasteiger partial charge in [-0.05, 0) is 38.6 Å². The number of likely N-dealkylation sites (N-methyl/N-ethyl adjacent to an activating group) is 1. The van der Waals surface area contributed by atoms with Crippen LogP contribution in [0, 0.1) is 0 Å². The third-order valence-corrected chi connectivity index (χ3v) is 3.81. The number of carbonyl (C=O) groups is 1. The van der Waals surface area contributed by atoms with E-state index in [2.05, 4.69) is 9.88 Å². The van der Waals surface area contributed by atoms with Gasteiger partial charge in [0.25, 0.3) is 0 Å². The minimum absolute atomic E-state index is 0.311. The minimum Gasteiger partial charge on any atom is -0.432 e. The second-order valence-electron chi connectivity index (χ2n) is 5.14. The van der Waals surface area contributed by atoms with Gasteiger partial charge in [-0.25, -0.2) is 4.79 Å².